The Balaban J connectivity index is 2.08. The summed E-state index contributed by atoms with van der Waals surface area (Å²) >= 11 is 0. The summed E-state index contributed by atoms with van der Waals surface area (Å²) in [4.78, 5) is 4.41. The van der Waals surface area contributed by atoms with Crippen LogP contribution in [0.3, 0.4) is 0 Å². The fraction of sp³-hybridized carbons (Fsp3) is 0.778. The molecule has 0 unspecified atom stereocenters. The van der Waals surface area contributed by atoms with Crippen LogP contribution >= 0.6 is 0 Å². The monoisotopic (exact) mass is 170 g/mol. The third kappa shape index (κ3) is 2.74. The molecule has 1 rings (SSSR count). The second kappa shape index (κ2) is 5.04. The zero-order chi connectivity index (χ0) is 8.81. The summed E-state index contributed by atoms with van der Waals surface area (Å²) in [5, 5.41) is 0. The normalized spacial score (nSPS) is 16.2. The van der Waals surface area contributed by atoms with E-state index in [1.54, 1.807) is 0 Å². The Kier molecular flexibility index (Phi) is 3.94. The Hall–Kier alpha value is -0.700. The predicted molar refractivity (Wildman–Crippen MR) is 49.3 cm³/mol. The zero-order valence-corrected chi connectivity index (χ0v) is 7.99. The minimum absolute atomic E-state index is 0.723. The quantitative estimate of drug-likeness (QED) is 0.581. The number of hydrogen-bond donors (Lipinski definition) is 0. The highest BCUT2D eigenvalue weighted by atomic mass is 16.5. The van der Waals surface area contributed by atoms with E-state index in [1.165, 1.54) is 0 Å². The van der Waals surface area contributed by atoms with Crippen LogP contribution in [-0.4, -0.2) is 36.4 Å². The molecule has 0 radical (unpaired) electrons. The lowest BCUT2D eigenvalue weighted by Crippen LogP contribution is -2.27. The van der Waals surface area contributed by atoms with Gasteiger partial charge in [-0.25, -0.2) is 0 Å². The third-order valence-corrected chi connectivity index (χ3v) is 1.86. The van der Waals surface area contributed by atoms with E-state index in [-0.39, 0.29) is 0 Å². The molecule has 0 fully saturated rings. The predicted octanol–water partition coefficient (Wildman–Crippen LogP) is 1.44. The van der Waals surface area contributed by atoms with Crippen molar-refractivity contribution in [2.75, 3.05) is 26.6 Å². The highest BCUT2D eigenvalue weighted by molar-refractivity contribution is 4.88. The van der Waals surface area contributed by atoms with E-state index in [4.69, 9.17) is 4.74 Å². The van der Waals surface area contributed by atoms with Crippen LogP contribution in [-0.2, 0) is 4.74 Å². The van der Waals surface area contributed by atoms with Gasteiger partial charge in [-0.3, -0.25) is 0 Å². The fourth-order valence-corrected chi connectivity index (χ4v) is 1.13. The van der Waals surface area contributed by atoms with Crippen molar-refractivity contribution in [2.24, 2.45) is 0 Å². The Morgan fingerprint density at radius 2 is 2.00 bits per heavy atom. The lowest BCUT2D eigenvalue weighted by Gasteiger charge is -2.19. The standard InChI is InChI=1S/C9H18N2O/c1-3-7-12-9-11-6-5-10(4-2)8-11/h5-6H,3-4,7-9H2,1-2H3. The van der Waals surface area contributed by atoms with E-state index in [2.05, 4.69) is 36.0 Å². The van der Waals surface area contributed by atoms with Gasteiger partial charge in [0.2, 0.25) is 0 Å². The summed E-state index contributed by atoms with van der Waals surface area (Å²) < 4.78 is 5.41. The molecule has 0 saturated carbocycles. The van der Waals surface area contributed by atoms with Crippen LogP contribution in [0.25, 0.3) is 0 Å². The van der Waals surface area contributed by atoms with Gasteiger partial charge < -0.3 is 14.5 Å². The molecule has 1 aliphatic heterocycles. The minimum Gasteiger partial charge on any atom is -0.361 e. The molecule has 0 saturated heterocycles. The SMILES string of the molecule is CCCOCN1C=CN(CC)C1. The average Bonchev–Trinajstić information content (AvgIpc) is 2.53. The van der Waals surface area contributed by atoms with Crippen molar-refractivity contribution in [3.63, 3.8) is 0 Å². The summed E-state index contributed by atoms with van der Waals surface area (Å²) in [6, 6.07) is 0. The largest absolute Gasteiger partial charge is 0.361 e. The first kappa shape index (κ1) is 9.39. The summed E-state index contributed by atoms with van der Waals surface area (Å²) in [5.41, 5.74) is 0. The van der Waals surface area contributed by atoms with Crippen molar-refractivity contribution in [1.29, 1.82) is 0 Å². The third-order valence-electron chi connectivity index (χ3n) is 1.86. The second-order valence-corrected chi connectivity index (χ2v) is 2.97. The summed E-state index contributed by atoms with van der Waals surface area (Å²) in [6.07, 6.45) is 5.28. The van der Waals surface area contributed by atoms with Crippen LogP contribution in [0.1, 0.15) is 20.3 Å². The van der Waals surface area contributed by atoms with Crippen molar-refractivity contribution in [3.05, 3.63) is 12.4 Å². The van der Waals surface area contributed by atoms with Gasteiger partial charge in [-0.05, 0) is 13.3 Å². The molecule has 3 nitrogen and oxygen atoms in total. The molecule has 0 aromatic heterocycles. The van der Waals surface area contributed by atoms with Gasteiger partial charge in [0.05, 0.1) is 6.67 Å². The molecule has 0 amide bonds. The van der Waals surface area contributed by atoms with E-state index < -0.39 is 0 Å². The molecule has 0 atom stereocenters. The number of nitrogens with zero attached hydrogens (tertiary/aromatic N) is 2. The molecule has 12 heavy (non-hydrogen) atoms. The highest BCUT2D eigenvalue weighted by Gasteiger charge is 2.08. The first-order valence-corrected chi connectivity index (χ1v) is 4.61. The molecule has 0 N–H and O–H groups in total. The van der Waals surface area contributed by atoms with Gasteiger partial charge in [0.25, 0.3) is 0 Å². The van der Waals surface area contributed by atoms with E-state index in [0.717, 1.165) is 33.0 Å². The maximum absolute atomic E-state index is 5.41. The van der Waals surface area contributed by atoms with Gasteiger partial charge in [0, 0.05) is 25.6 Å². The minimum atomic E-state index is 0.723. The molecule has 70 valence electrons. The maximum atomic E-state index is 5.41. The van der Waals surface area contributed by atoms with E-state index in [9.17, 15) is 0 Å². The van der Waals surface area contributed by atoms with Gasteiger partial charge in [0.15, 0.2) is 0 Å². The average molecular weight is 170 g/mol. The maximum Gasteiger partial charge on any atom is 0.119 e. The first-order chi connectivity index (χ1) is 5.86. The molecule has 0 aliphatic carbocycles. The van der Waals surface area contributed by atoms with Gasteiger partial charge in [-0.1, -0.05) is 6.92 Å². The van der Waals surface area contributed by atoms with Gasteiger partial charge in [0.1, 0.15) is 6.73 Å². The number of ether oxygens (including phenoxy) is 1. The van der Waals surface area contributed by atoms with E-state index in [0.29, 0.717) is 0 Å². The molecule has 0 spiro atoms. The Bertz CT molecular complexity index is 147. The van der Waals surface area contributed by atoms with Gasteiger partial charge in [-0.2, -0.15) is 0 Å². The molecular weight excluding hydrogens is 152 g/mol. The highest BCUT2D eigenvalue weighted by Crippen LogP contribution is 2.04. The molecule has 0 bridgehead atoms. The van der Waals surface area contributed by atoms with E-state index >= 15 is 0 Å². The second-order valence-electron chi connectivity index (χ2n) is 2.97. The summed E-state index contributed by atoms with van der Waals surface area (Å²) in [6.45, 7) is 7.90. The van der Waals surface area contributed by atoms with Crippen LogP contribution in [0, 0.1) is 0 Å². The Labute approximate surface area is 74.6 Å². The van der Waals surface area contributed by atoms with Crippen LogP contribution in [0.5, 0.6) is 0 Å². The molecule has 0 aromatic rings. The summed E-state index contributed by atoms with van der Waals surface area (Å²) in [7, 11) is 0. The lowest BCUT2D eigenvalue weighted by atomic mass is 10.5. The molecule has 0 aromatic carbocycles. The van der Waals surface area contributed by atoms with Crippen molar-refractivity contribution in [2.45, 2.75) is 20.3 Å². The topological polar surface area (TPSA) is 15.7 Å². The number of hydrogen-bond acceptors (Lipinski definition) is 3. The van der Waals surface area contributed by atoms with Crippen LogP contribution < -0.4 is 0 Å². The molecule has 1 aliphatic rings. The Morgan fingerprint density at radius 1 is 1.25 bits per heavy atom. The number of rotatable bonds is 5. The van der Waals surface area contributed by atoms with E-state index in [1.807, 2.05) is 0 Å². The zero-order valence-electron chi connectivity index (χ0n) is 7.99. The van der Waals surface area contributed by atoms with Gasteiger partial charge >= 0.3 is 0 Å². The van der Waals surface area contributed by atoms with Crippen LogP contribution in [0.4, 0.5) is 0 Å². The van der Waals surface area contributed by atoms with Crippen molar-refractivity contribution in [1.82, 2.24) is 9.80 Å². The summed E-state index contributed by atoms with van der Waals surface area (Å²) in [5.74, 6) is 0. The molecular formula is C9H18N2O. The molecule has 1 heterocycles. The Morgan fingerprint density at radius 3 is 2.58 bits per heavy atom. The van der Waals surface area contributed by atoms with Crippen LogP contribution in [0.15, 0.2) is 12.4 Å². The molecule has 3 heteroatoms. The van der Waals surface area contributed by atoms with Crippen molar-refractivity contribution in [3.8, 4) is 0 Å². The lowest BCUT2D eigenvalue weighted by molar-refractivity contribution is 0.0455. The van der Waals surface area contributed by atoms with Gasteiger partial charge in [-0.15, -0.1) is 0 Å². The first-order valence-electron chi connectivity index (χ1n) is 4.61. The van der Waals surface area contributed by atoms with Crippen molar-refractivity contribution >= 4 is 0 Å². The van der Waals surface area contributed by atoms with Crippen molar-refractivity contribution < 1.29 is 4.74 Å². The van der Waals surface area contributed by atoms with Crippen LogP contribution in [0.2, 0.25) is 0 Å². The fourth-order valence-electron chi connectivity index (χ4n) is 1.13. The smallest absolute Gasteiger partial charge is 0.119 e.